The van der Waals surface area contributed by atoms with Gasteiger partial charge in [0.05, 0.1) is 23.2 Å². The maximum atomic E-state index is 11.9. The van der Waals surface area contributed by atoms with Crippen LogP contribution in [0.4, 0.5) is 5.69 Å². The topological polar surface area (TPSA) is 104 Å². The molecule has 0 radical (unpaired) electrons. The first-order valence-corrected chi connectivity index (χ1v) is 7.43. The summed E-state index contributed by atoms with van der Waals surface area (Å²) in [5, 5.41) is 12.2. The van der Waals surface area contributed by atoms with Gasteiger partial charge in [0.25, 0.3) is 0 Å². The van der Waals surface area contributed by atoms with Gasteiger partial charge < -0.3 is 9.47 Å². The molecule has 0 N–H and O–H groups in total. The highest BCUT2D eigenvalue weighted by molar-refractivity contribution is 5.94. The predicted molar refractivity (Wildman–Crippen MR) is 88.7 cm³/mol. The largest absolute Gasteiger partial charge is 0.462 e. The fourth-order valence-electron chi connectivity index (χ4n) is 2.28. The minimum Gasteiger partial charge on any atom is -0.462 e. The van der Waals surface area contributed by atoms with E-state index in [0.29, 0.717) is 0 Å². The van der Waals surface area contributed by atoms with Gasteiger partial charge in [-0.25, -0.2) is 9.78 Å². The van der Waals surface area contributed by atoms with Gasteiger partial charge in [-0.2, -0.15) is 0 Å². The van der Waals surface area contributed by atoms with E-state index in [-0.39, 0.29) is 23.8 Å². The molecule has 25 heavy (non-hydrogen) atoms. The third-order valence-corrected chi connectivity index (χ3v) is 3.35. The highest BCUT2D eigenvalue weighted by Gasteiger charge is 2.28. The second-order valence-electron chi connectivity index (χ2n) is 4.96. The van der Waals surface area contributed by atoms with E-state index in [2.05, 4.69) is 9.97 Å². The first kappa shape index (κ1) is 16.3. The van der Waals surface area contributed by atoms with Crippen molar-refractivity contribution in [1.82, 2.24) is 9.97 Å². The molecule has 0 atom stereocenters. The SMILES string of the molecule is CCOC(=O)c1ccnc(Oc2cnc3ccccc3c2)c1[N+](=O)[O-]. The molecule has 0 unspecified atom stereocenters. The molecule has 2 heterocycles. The van der Waals surface area contributed by atoms with Crippen LogP contribution in [0.15, 0.2) is 48.8 Å². The number of carbonyl (C=O) groups is 1. The van der Waals surface area contributed by atoms with Gasteiger partial charge in [-0.3, -0.25) is 15.1 Å². The summed E-state index contributed by atoms with van der Waals surface area (Å²) in [7, 11) is 0. The fraction of sp³-hybridized carbons (Fsp3) is 0.118. The summed E-state index contributed by atoms with van der Waals surface area (Å²) in [5.74, 6) is -0.832. The van der Waals surface area contributed by atoms with Crippen LogP contribution in [0.3, 0.4) is 0 Å². The molecule has 0 bridgehead atoms. The summed E-state index contributed by atoms with van der Waals surface area (Å²) in [6.45, 7) is 1.71. The summed E-state index contributed by atoms with van der Waals surface area (Å²) in [4.78, 5) is 30.7. The molecule has 8 nitrogen and oxygen atoms in total. The van der Waals surface area contributed by atoms with E-state index in [1.807, 2.05) is 24.3 Å². The molecule has 0 fully saturated rings. The molecular formula is C17H13N3O5. The number of nitrogens with zero attached hydrogens (tertiary/aromatic N) is 3. The molecule has 8 heteroatoms. The number of para-hydroxylation sites is 1. The number of aromatic nitrogens is 2. The quantitative estimate of drug-likeness (QED) is 0.398. The van der Waals surface area contributed by atoms with E-state index in [9.17, 15) is 14.9 Å². The fourth-order valence-corrected chi connectivity index (χ4v) is 2.28. The molecule has 0 saturated carbocycles. The lowest BCUT2D eigenvalue weighted by Gasteiger charge is -2.08. The molecule has 3 rings (SSSR count). The number of carbonyl (C=O) groups excluding carboxylic acids is 1. The first-order valence-electron chi connectivity index (χ1n) is 7.43. The molecule has 0 aliphatic carbocycles. The zero-order valence-corrected chi connectivity index (χ0v) is 13.2. The van der Waals surface area contributed by atoms with Gasteiger partial charge in [0.1, 0.15) is 11.3 Å². The lowest BCUT2D eigenvalue weighted by atomic mass is 10.2. The van der Waals surface area contributed by atoms with Crippen molar-refractivity contribution < 1.29 is 19.2 Å². The van der Waals surface area contributed by atoms with Crippen molar-refractivity contribution in [1.29, 1.82) is 0 Å². The van der Waals surface area contributed by atoms with Crippen LogP contribution in [0.5, 0.6) is 11.6 Å². The van der Waals surface area contributed by atoms with E-state index < -0.39 is 16.6 Å². The van der Waals surface area contributed by atoms with E-state index in [1.165, 1.54) is 18.5 Å². The molecule has 126 valence electrons. The van der Waals surface area contributed by atoms with Crippen molar-refractivity contribution in [3.8, 4) is 11.6 Å². The molecule has 0 amide bonds. The zero-order valence-electron chi connectivity index (χ0n) is 13.2. The van der Waals surface area contributed by atoms with Gasteiger partial charge in [0.15, 0.2) is 0 Å². The average molecular weight is 339 g/mol. The number of benzene rings is 1. The van der Waals surface area contributed by atoms with Crippen LogP contribution in [0.2, 0.25) is 0 Å². The van der Waals surface area contributed by atoms with Gasteiger partial charge in [-0.15, -0.1) is 0 Å². The van der Waals surface area contributed by atoms with E-state index in [1.54, 1.807) is 13.0 Å². The molecule has 0 aliphatic rings. The molecule has 0 spiro atoms. The second kappa shape index (κ2) is 6.91. The maximum Gasteiger partial charge on any atom is 0.345 e. The van der Waals surface area contributed by atoms with Crippen molar-refractivity contribution in [3.63, 3.8) is 0 Å². The smallest absolute Gasteiger partial charge is 0.345 e. The lowest BCUT2D eigenvalue weighted by Crippen LogP contribution is -2.09. The normalized spacial score (nSPS) is 10.4. The van der Waals surface area contributed by atoms with Crippen LogP contribution in [0, 0.1) is 10.1 Å². The van der Waals surface area contributed by atoms with Gasteiger partial charge in [-0.05, 0) is 25.1 Å². The number of fused-ring (bicyclic) bond motifs is 1. The van der Waals surface area contributed by atoms with Crippen molar-refractivity contribution in [2.24, 2.45) is 0 Å². The number of hydrogen-bond acceptors (Lipinski definition) is 7. The Morgan fingerprint density at radius 1 is 1.24 bits per heavy atom. The van der Waals surface area contributed by atoms with Crippen LogP contribution in [0.1, 0.15) is 17.3 Å². The minimum atomic E-state index is -0.807. The minimum absolute atomic E-state index is 0.100. The third-order valence-electron chi connectivity index (χ3n) is 3.35. The van der Waals surface area contributed by atoms with Crippen LogP contribution in [-0.4, -0.2) is 27.5 Å². The highest BCUT2D eigenvalue weighted by Crippen LogP contribution is 2.33. The molecule has 0 saturated heterocycles. The summed E-state index contributed by atoms with van der Waals surface area (Å²) in [6, 6.07) is 10.3. The van der Waals surface area contributed by atoms with Gasteiger partial charge in [0.2, 0.25) is 0 Å². The summed E-state index contributed by atoms with van der Waals surface area (Å²) in [5.41, 5.74) is -0.00251. The summed E-state index contributed by atoms with van der Waals surface area (Å²) < 4.78 is 10.4. The maximum absolute atomic E-state index is 11.9. The van der Waals surface area contributed by atoms with Crippen LogP contribution in [0.25, 0.3) is 10.9 Å². The standard InChI is InChI=1S/C17H13N3O5/c1-2-24-17(21)13-7-8-18-16(15(13)20(22)23)25-12-9-11-5-3-4-6-14(11)19-10-12/h3-10H,2H2,1H3. The second-order valence-corrected chi connectivity index (χ2v) is 4.96. The Kier molecular flexibility index (Phi) is 4.51. The molecule has 3 aromatic rings. The Hall–Kier alpha value is -3.55. The van der Waals surface area contributed by atoms with E-state index >= 15 is 0 Å². The summed E-state index contributed by atoms with van der Waals surface area (Å²) in [6.07, 6.45) is 2.69. The van der Waals surface area contributed by atoms with Crippen molar-refractivity contribution in [2.75, 3.05) is 6.61 Å². The number of rotatable bonds is 5. The Labute approximate surface area is 142 Å². The number of ether oxygens (including phenoxy) is 2. The number of esters is 1. The van der Waals surface area contributed by atoms with Crippen LogP contribution in [-0.2, 0) is 4.74 Å². The Balaban J connectivity index is 2.02. The Morgan fingerprint density at radius 3 is 2.80 bits per heavy atom. The van der Waals surface area contributed by atoms with E-state index in [4.69, 9.17) is 9.47 Å². The zero-order chi connectivity index (χ0) is 17.8. The molecular weight excluding hydrogens is 326 g/mol. The molecule has 1 aromatic carbocycles. The average Bonchev–Trinajstić information content (AvgIpc) is 2.61. The van der Waals surface area contributed by atoms with Crippen LogP contribution < -0.4 is 4.74 Å². The molecule has 2 aromatic heterocycles. The number of nitro groups is 1. The Bertz CT molecular complexity index is 958. The predicted octanol–water partition coefficient (Wildman–Crippen LogP) is 3.51. The van der Waals surface area contributed by atoms with Gasteiger partial charge in [-0.1, -0.05) is 18.2 Å². The third kappa shape index (κ3) is 3.37. The van der Waals surface area contributed by atoms with Crippen LogP contribution >= 0.6 is 0 Å². The van der Waals surface area contributed by atoms with Gasteiger partial charge in [0, 0.05) is 11.6 Å². The highest BCUT2D eigenvalue weighted by atomic mass is 16.6. The van der Waals surface area contributed by atoms with Crippen molar-refractivity contribution >= 4 is 22.6 Å². The van der Waals surface area contributed by atoms with Crippen molar-refractivity contribution in [2.45, 2.75) is 6.92 Å². The molecule has 0 aliphatic heterocycles. The summed E-state index contributed by atoms with van der Waals surface area (Å²) >= 11 is 0. The monoisotopic (exact) mass is 339 g/mol. The number of pyridine rings is 2. The first-order chi connectivity index (χ1) is 12.1. The van der Waals surface area contributed by atoms with Crippen molar-refractivity contribution in [3.05, 3.63) is 64.5 Å². The van der Waals surface area contributed by atoms with E-state index in [0.717, 1.165) is 10.9 Å². The number of hydrogen-bond donors (Lipinski definition) is 0. The van der Waals surface area contributed by atoms with Gasteiger partial charge >= 0.3 is 17.5 Å². The Morgan fingerprint density at radius 2 is 2.04 bits per heavy atom. The lowest BCUT2D eigenvalue weighted by molar-refractivity contribution is -0.386.